The predicted molar refractivity (Wildman–Crippen MR) is 103 cm³/mol. The quantitative estimate of drug-likeness (QED) is 0.851. The van der Waals surface area contributed by atoms with Crippen molar-refractivity contribution in [2.24, 2.45) is 5.92 Å². The summed E-state index contributed by atoms with van der Waals surface area (Å²) >= 11 is 0. The average molecular weight is 348 g/mol. The molecule has 4 nitrogen and oxygen atoms in total. The number of carbonyl (C=O) groups is 2. The van der Waals surface area contributed by atoms with Gasteiger partial charge in [-0.2, -0.15) is 0 Å². The van der Waals surface area contributed by atoms with E-state index in [-0.39, 0.29) is 23.8 Å². The van der Waals surface area contributed by atoms with Crippen molar-refractivity contribution in [1.29, 1.82) is 0 Å². The summed E-state index contributed by atoms with van der Waals surface area (Å²) in [5.41, 5.74) is 4.31. The number of benzene rings is 2. The Labute approximate surface area is 154 Å². The lowest BCUT2D eigenvalue weighted by Gasteiger charge is -2.26. The van der Waals surface area contributed by atoms with Crippen LogP contribution in [-0.4, -0.2) is 24.4 Å². The number of hydrogen-bond acceptors (Lipinski definition) is 2. The highest BCUT2D eigenvalue weighted by Gasteiger charge is 2.41. The molecule has 2 atom stereocenters. The third-order valence-electron chi connectivity index (χ3n) is 5.58. The average Bonchev–Trinajstić information content (AvgIpc) is 3.20. The van der Waals surface area contributed by atoms with Gasteiger partial charge in [-0.25, -0.2) is 0 Å². The van der Waals surface area contributed by atoms with E-state index in [0.717, 1.165) is 29.8 Å². The molecule has 0 aromatic heterocycles. The summed E-state index contributed by atoms with van der Waals surface area (Å²) < 4.78 is 0. The fourth-order valence-corrected chi connectivity index (χ4v) is 4.28. The van der Waals surface area contributed by atoms with Gasteiger partial charge in [0.25, 0.3) is 0 Å². The maximum Gasteiger partial charge on any atom is 0.232 e. The van der Waals surface area contributed by atoms with E-state index in [0.29, 0.717) is 13.0 Å². The topological polar surface area (TPSA) is 40.6 Å². The SMILES string of the molecule is CCc1ccccc1N1CC(C(=O)N2c3ccccc3CC2C)CC1=O. The molecule has 134 valence electrons. The first-order chi connectivity index (χ1) is 12.6. The highest BCUT2D eigenvalue weighted by molar-refractivity contribution is 6.05. The molecule has 1 fully saturated rings. The van der Waals surface area contributed by atoms with Gasteiger partial charge in [-0.15, -0.1) is 0 Å². The summed E-state index contributed by atoms with van der Waals surface area (Å²) in [7, 11) is 0. The molecular weight excluding hydrogens is 324 g/mol. The second-order valence-electron chi connectivity index (χ2n) is 7.28. The molecule has 0 radical (unpaired) electrons. The zero-order valence-electron chi connectivity index (χ0n) is 15.3. The first-order valence-corrected chi connectivity index (χ1v) is 9.39. The summed E-state index contributed by atoms with van der Waals surface area (Å²) in [4.78, 5) is 29.6. The Hall–Kier alpha value is -2.62. The Morgan fingerprint density at radius 2 is 1.73 bits per heavy atom. The molecule has 26 heavy (non-hydrogen) atoms. The smallest absolute Gasteiger partial charge is 0.232 e. The molecule has 0 N–H and O–H groups in total. The number of para-hydroxylation sites is 2. The minimum atomic E-state index is -0.277. The minimum Gasteiger partial charge on any atom is -0.311 e. The molecule has 1 saturated heterocycles. The molecule has 0 aliphatic carbocycles. The van der Waals surface area contributed by atoms with Crippen LogP contribution in [0.5, 0.6) is 0 Å². The first kappa shape index (κ1) is 16.8. The van der Waals surface area contributed by atoms with Gasteiger partial charge in [-0.05, 0) is 43.0 Å². The third-order valence-corrected chi connectivity index (χ3v) is 5.58. The van der Waals surface area contributed by atoms with Crippen molar-refractivity contribution in [2.45, 2.75) is 39.2 Å². The van der Waals surface area contributed by atoms with Gasteiger partial charge >= 0.3 is 0 Å². The Morgan fingerprint density at radius 1 is 1.04 bits per heavy atom. The molecule has 2 aliphatic heterocycles. The van der Waals surface area contributed by atoms with Crippen molar-refractivity contribution in [3.8, 4) is 0 Å². The monoisotopic (exact) mass is 348 g/mol. The Kier molecular flexibility index (Phi) is 4.27. The number of aryl methyl sites for hydroxylation is 1. The van der Waals surface area contributed by atoms with Crippen LogP contribution < -0.4 is 9.80 Å². The van der Waals surface area contributed by atoms with Gasteiger partial charge in [0, 0.05) is 30.4 Å². The Bertz CT molecular complexity index is 861. The molecule has 0 saturated carbocycles. The lowest BCUT2D eigenvalue weighted by Crippen LogP contribution is -2.41. The van der Waals surface area contributed by atoms with Crippen LogP contribution in [0.3, 0.4) is 0 Å². The lowest BCUT2D eigenvalue weighted by molar-refractivity contribution is -0.124. The zero-order chi connectivity index (χ0) is 18.3. The van der Waals surface area contributed by atoms with Crippen molar-refractivity contribution >= 4 is 23.2 Å². The van der Waals surface area contributed by atoms with Crippen LogP contribution in [0.25, 0.3) is 0 Å². The van der Waals surface area contributed by atoms with Gasteiger partial charge < -0.3 is 9.80 Å². The molecule has 2 aromatic rings. The fraction of sp³-hybridized carbons (Fsp3) is 0.364. The number of anilines is 2. The van der Waals surface area contributed by atoms with E-state index in [2.05, 4.69) is 26.0 Å². The molecule has 0 spiro atoms. The molecule has 4 rings (SSSR count). The number of amides is 2. The van der Waals surface area contributed by atoms with Gasteiger partial charge in [-0.1, -0.05) is 43.3 Å². The van der Waals surface area contributed by atoms with Crippen LogP contribution in [0.2, 0.25) is 0 Å². The van der Waals surface area contributed by atoms with Crippen LogP contribution in [0.4, 0.5) is 11.4 Å². The normalized spacial score (nSPS) is 22.0. The molecule has 2 heterocycles. The molecular formula is C22H24N2O2. The predicted octanol–water partition coefficient (Wildman–Crippen LogP) is 3.58. The Balaban J connectivity index is 1.58. The van der Waals surface area contributed by atoms with E-state index in [4.69, 9.17) is 0 Å². The zero-order valence-corrected chi connectivity index (χ0v) is 15.3. The first-order valence-electron chi connectivity index (χ1n) is 9.39. The van der Waals surface area contributed by atoms with Gasteiger partial charge in [0.15, 0.2) is 0 Å². The second-order valence-corrected chi connectivity index (χ2v) is 7.28. The van der Waals surface area contributed by atoms with Crippen molar-refractivity contribution in [1.82, 2.24) is 0 Å². The molecule has 2 aliphatic rings. The van der Waals surface area contributed by atoms with E-state index in [1.54, 1.807) is 4.90 Å². The van der Waals surface area contributed by atoms with Crippen LogP contribution in [-0.2, 0) is 22.4 Å². The van der Waals surface area contributed by atoms with Crippen molar-refractivity contribution in [3.05, 3.63) is 59.7 Å². The van der Waals surface area contributed by atoms with Crippen molar-refractivity contribution in [3.63, 3.8) is 0 Å². The van der Waals surface area contributed by atoms with Crippen LogP contribution in [0.1, 0.15) is 31.4 Å². The van der Waals surface area contributed by atoms with E-state index < -0.39 is 0 Å². The largest absolute Gasteiger partial charge is 0.311 e. The fourth-order valence-electron chi connectivity index (χ4n) is 4.28. The Morgan fingerprint density at radius 3 is 2.50 bits per heavy atom. The molecule has 2 amide bonds. The highest BCUT2D eigenvalue weighted by atomic mass is 16.2. The van der Waals surface area contributed by atoms with E-state index in [1.807, 2.05) is 41.3 Å². The van der Waals surface area contributed by atoms with Crippen molar-refractivity contribution < 1.29 is 9.59 Å². The summed E-state index contributed by atoms with van der Waals surface area (Å²) in [6.07, 6.45) is 2.04. The van der Waals surface area contributed by atoms with Gasteiger partial charge in [0.2, 0.25) is 11.8 Å². The summed E-state index contributed by atoms with van der Waals surface area (Å²) in [5, 5.41) is 0. The second kappa shape index (κ2) is 6.60. The molecule has 4 heteroatoms. The summed E-state index contributed by atoms with van der Waals surface area (Å²) in [5.74, 6) is -0.155. The van der Waals surface area contributed by atoms with Crippen LogP contribution in [0.15, 0.2) is 48.5 Å². The minimum absolute atomic E-state index is 0.0457. The summed E-state index contributed by atoms with van der Waals surface area (Å²) in [6.45, 7) is 4.64. The highest BCUT2D eigenvalue weighted by Crippen LogP contribution is 2.36. The number of fused-ring (bicyclic) bond motifs is 1. The van der Waals surface area contributed by atoms with Crippen molar-refractivity contribution in [2.75, 3.05) is 16.3 Å². The molecule has 0 bridgehead atoms. The van der Waals surface area contributed by atoms with Gasteiger partial charge in [0.05, 0.1) is 5.92 Å². The number of rotatable bonds is 3. The van der Waals surface area contributed by atoms with Crippen LogP contribution >= 0.6 is 0 Å². The lowest BCUT2D eigenvalue weighted by atomic mass is 10.1. The van der Waals surface area contributed by atoms with Gasteiger partial charge in [0.1, 0.15) is 0 Å². The van der Waals surface area contributed by atoms with E-state index >= 15 is 0 Å². The number of hydrogen-bond donors (Lipinski definition) is 0. The standard InChI is InChI=1S/C22H24N2O2/c1-3-16-8-4-6-10-19(16)23-14-18(13-21(23)25)22(26)24-15(2)12-17-9-5-7-11-20(17)24/h4-11,15,18H,3,12-14H2,1-2H3. The summed E-state index contributed by atoms with van der Waals surface area (Å²) in [6, 6.07) is 16.2. The maximum absolute atomic E-state index is 13.2. The molecule has 2 unspecified atom stereocenters. The number of nitrogens with zero attached hydrogens (tertiary/aromatic N) is 2. The number of carbonyl (C=O) groups excluding carboxylic acids is 2. The molecule has 2 aromatic carbocycles. The van der Waals surface area contributed by atoms with Crippen LogP contribution in [0, 0.1) is 5.92 Å². The third kappa shape index (κ3) is 2.70. The van der Waals surface area contributed by atoms with Gasteiger partial charge in [-0.3, -0.25) is 9.59 Å². The van der Waals surface area contributed by atoms with E-state index in [1.165, 1.54) is 5.56 Å². The van der Waals surface area contributed by atoms with E-state index in [9.17, 15) is 9.59 Å². The maximum atomic E-state index is 13.2.